The first-order valence-corrected chi connectivity index (χ1v) is 21.9. The van der Waals surface area contributed by atoms with Crippen molar-refractivity contribution in [2.45, 2.75) is 187 Å². The molecule has 0 aliphatic heterocycles. The Morgan fingerprint density at radius 3 is 1.48 bits per heavy atom. The molecule has 0 aromatic heterocycles. The average molecular weight is 732 g/mol. The van der Waals surface area contributed by atoms with Crippen molar-refractivity contribution in [3.8, 4) is 0 Å². The highest BCUT2D eigenvalue weighted by atomic mass is 31.2. The molecule has 10 heteroatoms. The third-order valence-electron chi connectivity index (χ3n) is 8.79. The van der Waals surface area contributed by atoms with Crippen molar-refractivity contribution in [2.24, 2.45) is 0 Å². The van der Waals surface area contributed by atoms with Gasteiger partial charge in [0.05, 0.1) is 27.7 Å². The van der Waals surface area contributed by atoms with E-state index in [-0.39, 0.29) is 32.0 Å². The molecule has 0 fully saturated rings. The monoisotopic (exact) mass is 732 g/mol. The highest BCUT2D eigenvalue weighted by molar-refractivity contribution is 7.45. The third-order valence-corrected chi connectivity index (χ3v) is 9.75. The number of carbonyl (C=O) groups excluding carboxylic acids is 2. The van der Waals surface area contributed by atoms with Gasteiger partial charge in [0.2, 0.25) is 0 Å². The van der Waals surface area contributed by atoms with Gasteiger partial charge in [0.25, 0.3) is 7.82 Å². The van der Waals surface area contributed by atoms with Crippen LogP contribution < -0.4 is 4.89 Å². The van der Waals surface area contributed by atoms with Crippen LogP contribution in [0.15, 0.2) is 12.2 Å². The number of unbranched alkanes of at least 4 members (excludes halogenated alkanes) is 21. The highest BCUT2D eigenvalue weighted by Gasteiger charge is 2.21. The summed E-state index contributed by atoms with van der Waals surface area (Å²) < 4.78 is 33.8. The van der Waals surface area contributed by atoms with Crippen molar-refractivity contribution in [3.63, 3.8) is 0 Å². The number of phosphoric ester groups is 1. The Morgan fingerprint density at radius 2 is 1.02 bits per heavy atom. The van der Waals surface area contributed by atoms with Gasteiger partial charge in [-0.15, -0.1) is 0 Å². The number of carbonyl (C=O) groups is 2. The Kier molecular flexibility index (Phi) is 32.7. The van der Waals surface area contributed by atoms with Crippen LogP contribution in [0.1, 0.15) is 181 Å². The van der Waals surface area contributed by atoms with Gasteiger partial charge in [-0.05, 0) is 38.5 Å². The molecule has 0 rings (SSSR count). The van der Waals surface area contributed by atoms with E-state index in [0.717, 1.165) is 51.4 Å². The van der Waals surface area contributed by atoms with E-state index >= 15 is 0 Å². The Labute approximate surface area is 307 Å². The molecule has 0 heterocycles. The molecule has 2 atom stereocenters. The van der Waals surface area contributed by atoms with E-state index in [1.807, 2.05) is 21.1 Å². The Hall–Kier alpha value is -1.25. The lowest BCUT2D eigenvalue weighted by Crippen LogP contribution is -2.37. The number of phosphoric acid groups is 1. The highest BCUT2D eigenvalue weighted by Crippen LogP contribution is 2.38. The summed E-state index contributed by atoms with van der Waals surface area (Å²) in [7, 11) is 1.17. The molecule has 9 nitrogen and oxygen atoms in total. The molecule has 0 bridgehead atoms. The van der Waals surface area contributed by atoms with Crippen LogP contribution in [0.25, 0.3) is 0 Å². The second-order valence-corrected chi connectivity index (χ2v) is 16.4. The summed E-state index contributed by atoms with van der Waals surface area (Å²) in [5.74, 6) is -0.840. The summed E-state index contributed by atoms with van der Waals surface area (Å²) in [5.41, 5.74) is 0. The van der Waals surface area contributed by atoms with Gasteiger partial charge in [-0.25, -0.2) is 0 Å². The molecule has 0 N–H and O–H groups in total. The summed E-state index contributed by atoms with van der Waals surface area (Å²) >= 11 is 0. The van der Waals surface area contributed by atoms with E-state index in [4.69, 9.17) is 18.5 Å². The minimum Gasteiger partial charge on any atom is -0.756 e. The standard InChI is InChI=1S/C40H78NO8P/c1-6-8-10-12-14-16-18-19-20-21-23-25-27-29-31-33-40(43)49-38(37-48-50(44,45)47-35-34-41(3,4)5)36-46-39(42)32-30-28-26-24-22-17-15-13-11-9-7-2/h19-20,38H,6-18,21-37H2,1-5H3/b20-19+/t38-/m1/s1. The molecular formula is C40H78NO8P. The van der Waals surface area contributed by atoms with Gasteiger partial charge in [0.1, 0.15) is 19.8 Å². The van der Waals surface area contributed by atoms with E-state index in [0.29, 0.717) is 17.4 Å². The number of nitrogens with zero attached hydrogens (tertiary/aromatic N) is 1. The lowest BCUT2D eigenvalue weighted by Gasteiger charge is -2.28. The third kappa shape index (κ3) is 36.5. The lowest BCUT2D eigenvalue weighted by atomic mass is 10.1. The minimum absolute atomic E-state index is 0.0296. The van der Waals surface area contributed by atoms with E-state index < -0.39 is 26.5 Å². The molecule has 0 spiro atoms. The summed E-state index contributed by atoms with van der Waals surface area (Å²) in [6, 6.07) is 0. The van der Waals surface area contributed by atoms with Crippen LogP contribution in [0.3, 0.4) is 0 Å². The zero-order chi connectivity index (χ0) is 37.2. The first-order valence-electron chi connectivity index (χ1n) is 20.4. The maximum Gasteiger partial charge on any atom is 0.306 e. The molecule has 50 heavy (non-hydrogen) atoms. The average Bonchev–Trinajstić information content (AvgIpc) is 3.06. The molecule has 0 aromatic carbocycles. The largest absolute Gasteiger partial charge is 0.756 e. The second-order valence-electron chi connectivity index (χ2n) is 15.0. The molecule has 0 radical (unpaired) electrons. The van der Waals surface area contributed by atoms with E-state index in [9.17, 15) is 19.0 Å². The molecule has 0 saturated heterocycles. The summed E-state index contributed by atoms with van der Waals surface area (Å²) in [5, 5.41) is 0. The normalized spacial score (nSPS) is 13.8. The zero-order valence-corrected chi connectivity index (χ0v) is 34.0. The molecule has 0 amide bonds. The predicted octanol–water partition coefficient (Wildman–Crippen LogP) is 10.4. The van der Waals surface area contributed by atoms with Gasteiger partial charge in [0.15, 0.2) is 6.10 Å². The van der Waals surface area contributed by atoms with Crippen LogP contribution in [-0.4, -0.2) is 70.0 Å². The zero-order valence-electron chi connectivity index (χ0n) is 33.1. The van der Waals surface area contributed by atoms with Crippen molar-refractivity contribution in [3.05, 3.63) is 12.2 Å². The molecule has 0 aromatic rings. The van der Waals surface area contributed by atoms with Crippen LogP contribution >= 0.6 is 7.82 Å². The topological polar surface area (TPSA) is 111 Å². The fourth-order valence-corrected chi connectivity index (χ4v) is 6.26. The number of hydrogen-bond donors (Lipinski definition) is 0. The van der Waals surface area contributed by atoms with Crippen LogP contribution in [0.5, 0.6) is 0 Å². The number of quaternary nitrogens is 1. The molecule has 1 unspecified atom stereocenters. The number of allylic oxidation sites excluding steroid dienone is 2. The summed E-state index contributed by atoms with van der Waals surface area (Å²) in [6.45, 7) is 4.20. The van der Waals surface area contributed by atoms with Gasteiger partial charge in [-0.2, -0.15) is 0 Å². The predicted molar refractivity (Wildman–Crippen MR) is 204 cm³/mol. The number of ether oxygens (including phenoxy) is 2. The van der Waals surface area contributed by atoms with Crippen molar-refractivity contribution < 1.29 is 42.1 Å². The number of hydrogen-bond acceptors (Lipinski definition) is 8. The van der Waals surface area contributed by atoms with Gasteiger partial charge in [0, 0.05) is 12.8 Å². The fraction of sp³-hybridized carbons (Fsp3) is 0.900. The molecule has 0 aliphatic carbocycles. The van der Waals surface area contributed by atoms with Crippen LogP contribution in [0, 0.1) is 0 Å². The van der Waals surface area contributed by atoms with E-state index in [2.05, 4.69) is 26.0 Å². The molecule has 296 valence electrons. The smallest absolute Gasteiger partial charge is 0.306 e. The minimum atomic E-state index is -4.61. The first-order chi connectivity index (χ1) is 24.0. The first kappa shape index (κ1) is 48.8. The number of rotatable bonds is 37. The van der Waals surface area contributed by atoms with Gasteiger partial charge < -0.3 is 27.9 Å². The van der Waals surface area contributed by atoms with Gasteiger partial charge in [-0.3, -0.25) is 14.2 Å². The van der Waals surface area contributed by atoms with E-state index in [1.54, 1.807) is 0 Å². The lowest BCUT2D eigenvalue weighted by molar-refractivity contribution is -0.870. The van der Waals surface area contributed by atoms with Crippen molar-refractivity contribution in [1.82, 2.24) is 0 Å². The molecular weight excluding hydrogens is 653 g/mol. The van der Waals surface area contributed by atoms with Crippen LogP contribution in [0.4, 0.5) is 0 Å². The Balaban J connectivity index is 4.40. The maximum absolute atomic E-state index is 12.6. The number of likely N-dealkylation sites (N-methyl/N-ethyl adjacent to an activating group) is 1. The van der Waals surface area contributed by atoms with Crippen molar-refractivity contribution >= 4 is 19.8 Å². The van der Waals surface area contributed by atoms with E-state index in [1.165, 1.54) is 96.3 Å². The van der Waals surface area contributed by atoms with Crippen molar-refractivity contribution in [2.75, 3.05) is 47.5 Å². The van der Waals surface area contributed by atoms with Gasteiger partial charge in [-0.1, -0.05) is 142 Å². The maximum atomic E-state index is 12.6. The fourth-order valence-electron chi connectivity index (χ4n) is 5.53. The van der Waals surface area contributed by atoms with Gasteiger partial charge >= 0.3 is 11.9 Å². The summed E-state index contributed by atoms with van der Waals surface area (Å²) in [4.78, 5) is 37.3. The van der Waals surface area contributed by atoms with Crippen LogP contribution in [-0.2, 0) is 32.7 Å². The molecule has 0 aliphatic rings. The molecule has 0 saturated carbocycles. The Bertz CT molecular complexity index is 876. The summed E-state index contributed by atoms with van der Waals surface area (Å²) in [6.07, 6.45) is 32.3. The van der Waals surface area contributed by atoms with Crippen molar-refractivity contribution in [1.29, 1.82) is 0 Å². The second kappa shape index (κ2) is 33.6. The Morgan fingerprint density at radius 1 is 0.600 bits per heavy atom. The quantitative estimate of drug-likeness (QED) is 0.0204. The SMILES string of the molecule is CCCCCCCC/C=C/CCCCCCCC(=O)O[C@H](COC(=O)CCCCCCCCCCCCC)COP(=O)([O-])OCC[N+](C)(C)C. The number of esters is 2. The van der Waals surface area contributed by atoms with Crippen LogP contribution in [0.2, 0.25) is 0 Å².